The molecule has 1 aromatic rings. The smallest absolute Gasteiger partial charge is 0.138 e. The molecule has 12 heavy (non-hydrogen) atoms. The minimum atomic E-state index is 0.418. The van der Waals surface area contributed by atoms with Crippen LogP contribution in [0.25, 0.3) is 0 Å². The Labute approximate surface area is 73.8 Å². The molecule has 1 aromatic heterocycles. The molecule has 68 valence electrons. The fraction of sp³-hybridized carbons (Fsp3) is 0.778. The first-order valence-corrected chi connectivity index (χ1v) is 4.49. The first-order valence-electron chi connectivity index (χ1n) is 4.49. The van der Waals surface area contributed by atoms with Gasteiger partial charge in [0.1, 0.15) is 12.2 Å². The van der Waals surface area contributed by atoms with Crippen molar-refractivity contribution in [2.45, 2.75) is 40.2 Å². The van der Waals surface area contributed by atoms with Gasteiger partial charge in [-0.25, -0.2) is 9.67 Å². The topological polar surface area (TPSA) is 30.7 Å². The zero-order valence-electron chi connectivity index (χ0n) is 8.28. The van der Waals surface area contributed by atoms with Crippen molar-refractivity contribution in [2.24, 2.45) is 5.92 Å². The average molecular weight is 167 g/mol. The molecule has 0 radical (unpaired) electrons. The van der Waals surface area contributed by atoms with E-state index in [4.69, 9.17) is 0 Å². The maximum Gasteiger partial charge on any atom is 0.138 e. The molecule has 0 aliphatic heterocycles. The molecular weight excluding hydrogens is 150 g/mol. The molecule has 0 atom stereocenters. The number of nitrogens with zero attached hydrogens (tertiary/aromatic N) is 3. The fourth-order valence-electron chi connectivity index (χ4n) is 1.22. The molecule has 1 rings (SSSR count). The molecule has 0 N–H and O–H groups in total. The van der Waals surface area contributed by atoms with Crippen molar-refractivity contribution in [1.82, 2.24) is 14.8 Å². The van der Waals surface area contributed by atoms with Crippen molar-refractivity contribution < 1.29 is 0 Å². The Morgan fingerprint density at radius 1 is 1.33 bits per heavy atom. The predicted molar refractivity (Wildman–Crippen MR) is 48.9 cm³/mol. The number of aromatic nitrogens is 3. The Kier molecular flexibility index (Phi) is 2.84. The van der Waals surface area contributed by atoms with Crippen molar-refractivity contribution in [2.75, 3.05) is 0 Å². The number of hydrogen-bond donors (Lipinski definition) is 0. The lowest BCUT2D eigenvalue weighted by atomic mass is 10.1. The monoisotopic (exact) mass is 167 g/mol. The minimum Gasteiger partial charge on any atom is -0.248 e. The van der Waals surface area contributed by atoms with E-state index in [0.29, 0.717) is 12.0 Å². The lowest BCUT2D eigenvalue weighted by Crippen LogP contribution is -2.10. The van der Waals surface area contributed by atoms with E-state index in [2.05, 4.69) is 37.8 Å². The Hall–Kier alpha value is -0.860. The summed E-state index contributed by atoms with van der Waals surface area (Å²) in [6.07, 6.45) is 2.65. The van der Waals surface area contributed by atoms with Gasteiger partial charge in [-0.15, -0.1) is 0 Å². The van der Waals surface area contributed by atoms with Crippen molar-refractivity contribution in [3.63, 3.8) is 0 Å². The van der Waals surface area contributed by atoms with Crippen LogP contribution < -0.4 is 0 Å². The first-order chi connectivity index (χ1) is 5.61. The second-order valence-electron chi connectivity index (χ2n) is 3.81. The van der Waals surface area contributed by atoms with Gasteiger partial charge >= 0.3 is 0 Å². The minimum absolute atomic E-state index is 0.418. The zero-order chi connectivity index (χ0) is 9.14. The summed E-state index contributed by atoms with van der Waals surface area (Å²) in [4.78, 5) is 4.23. The highest BCUT2D eigenvalue weighted by molar-refractivity contribution is 4.87. The fourth-order valence-corrected chi connectivity index (χ4v) is 1.22. The van der Waals surface area contributed by atoms with Crippen molar-refractivity contribution in [3.8, 4) is 0 Å². The standard InChI is InChI=1S/C9H17N3/c1-7(2)5-9-10-6-11-12(9)8(3)4/h6-8H,5H2,1-4H3. The van der Waals surface area contributed by atoms with E-state index in [1.54, 1.807) is 6.33 Å². The second kappa shape index (κ2) is 3.70. The molecule has 3 heteroatoms. The molecule has 0 bridgehead atoms. The summed E-state index contributed by atoms with van der Waals surface area (Å²) in [5, 5.41) is 4.17. The molecule has 0 amide bonds. The molecule has 0 saturated carbocycles. The van der Waals surface area contributed by atoms with Gasteiger partial charge in [-0.1, -0.05) is 13.8 Å². The molecule has 1 heterocycles. The third-order valence-corrected chi connectivity index (χ3v) is 1.73. The highest BCUT2D eigenvalue weighted by Gasteiger charge is 2.08. The van der Waals surface area contributed by atoms with E-state index >= 15 is 0 Å². The van der Waals surface area contributed by atoms with Gasteiger partial charge in [-0.05, 0) is 19.8 Å². The van der Waals surface area contributed by atoms with E-state index in [1.165, 1.54) is 0 Å². The molecule has 0 aliphatic rings. The number of hydrogen-bond acceptors (Lipinski definition) is 2. The van der Waals surface area contributed by atoms with Crippen LogP contribution in [0.4, 0.5) is 0 Å². The quantitative estimate of drug-likeness (QED) is 0.690. The van der Waals surface area contributed by atoms with Crippen LogP contribution in [0.2, 0.25) is 0 Å². The summed E-state index contributed by atoms with van der Waals surface area (Å²) in [7, 11) is 0. The van der Waals surface area contributed by atoms with Crippen molar-refractivity contribution >= 4 is 0 Å². The average Bonchev–Trinajstić information content (AvgIpc) is 2.33. The zero-order valence-corrected chi connectivity index (χ0v) is 8.28. The number of rotatable bonds is 3. The van der Waals surface area contributed by atoms with Crippen LogP contribution in [0.3, 0.4) is 0 Å². The molecule has 0 saturated heterocycles. The molecule has 0 unspecified atom stereocenters. The van der Waals surface area contributed by atoms with Gasteiger partial charge < -0.3 is 0 Å². The molecule has 0 aliphatic carbocycles. The molecule has 0 aromatic carbocycles. The van der Waals surface area contributed by atoms with Crippen LogP contribution in [0, 0.1) is 5.92 Å². The molecular formula is C9H17N3. The normalized spacial score (nSPS) is 11.5. The Balaban J connectivity index is 2.77. The van der Waals surface area contributed by atoms with Gasteiger partial charge in [0.2, 0.25) is 0 Å². The van der Waals surface area contributed by atoms with E-state index in [0.717, 1.165) is 12.2 Å². The van der Waals surface area contributed by atoms with Crippen LogP contribution in [0.5, 0.6) is 0 Å². The third-order valence-electron chi connectivity index (χ3n) is 1.73. The van der Waals surface area contributed by atoms with E-state index in [1.807, 2.05) is 4.68 Å². The first kappa shape index (κ1) is 9.23. The predicted octanol–water partition coefficient (Wildman–Crippen LogP) is 2.06. The Bertz CT molecular complexity index is 238. The van der Waals surface area contributed by atoms with Crippen LogP contribution in [0.1, 0.15) is 39.6 Å². The maximum atomic E-state index is 4.23. The van der Waals surface area contributed by atoms with E-state index in [9.17, 15) is 0 Å². The summed E-state index contributed by atoms with van der Waals surface area (Å²) < 4.78 is 1.99. The van der Waals surface area contributed by atoms with Gasteiger partial charge in [0.05, 0.1) is 0 Å². The Morgan fingerprint density at radius 3 is 2.50 bits per heavy atom. The van der Waals surface area contributed by atoms with Gasteiger partial charge in [0.15, 0.2) is 0 Å². The summed E-state index contributed by atoms with van der Waals surface area (Å²) >= 11 is 0. The SMILES string of the molecule is CC(C)Cc1ncnn1C(C)C. The van der Waals surface area contributed by atoms with Gasteiger partial charge in [-0.3, -0.25) is 0 Å². The molecule has 3 nitrogen and oxygen atoms in total. The summed E-state index contributed by atoms with van der Waals surface area (Å²) in [5.41, 5.74) is 0. The lowest BCUT2D eigenvalue weighted by Gasteiger charge is -2.10. The van der Waals surface area contributed by atoms with E-state index < -0.39 is 0 Å². The largest absolute Gasteiger partial charge is 0.248 e. The van der Waals surface area contributed by atoms with Crippen LogP contribution in [-0.2, 0) is 6.42 Å². The molecule has 0 spiro atoms. The summed E-state index contributed by atoms with van der Waals surface area (Å²) in [6, 6.07) is 0.418. The highest BCUT2D eigenvalue weighted by atomic mass is 15.3. The lowest BCUT2D eigenvalue weighted by molar-refractivity contribution is 0.483. The van der Waals surface area contributed by atoms with Gasteiger partial charge in [0.25, 0.3) is 0 Å². The highest BCUT2D eigenvalue weighted by Crippen LogP contribution is 2.09. The van der Waals surface area contributed by atoms with Crippen LogP contribution in [-0.4, -0.2) is 14.8 Å². The maximum absolute atomic E-state index is 4.23. The summed E-state index contributed by atoms with van der Waals surface area (Å²) in [5.74, 6) is 1.74. The van der Waals surface area contributed by atoms with Crippen LogP contribution >= 0.6 is 0 Å². The van der Waals surface area contributed by atoms with Gasteiger partial charge in [0, 0.05) is 12.5 Å². The third kappa shape index (κ3) is 2.06. The van der Waals surface area contributed by atoms with Gasteiger partial charge in [-0.2, -0.15) is 5.10 Å². The second-order valence-corrected chi connectivity index (χ2v) is 3.81. The van der Waals surface area contributed by atoms with Crippen molar-refractivity contribution in [3.05, 3.63) is 12.2 Å². The van der Waals surface area contributed by atoms with E-state index in [-0.39, 0.29) is 0 Å². The van der Waals surface area contributed by atoms with Crippen molar-refractivity contribution in [1.29, 1.82) is 0 Å². The van der Waals surface area contributed by atoms with Crippen LogP contribution in [0.15, 0.2) is 6.33 Å². The Morgan fingerprint density at radius 2 is 2.00 bits per heavy atom. The summed E-state index contributed by atoms with van der Waals surface area (Å²) in [6.45, 7) is 8.63. The molecule has 0 fully saturated rings.